The van der Waals surface area contributed by atoms with Crippen LogP contribution in [0.25, 0.3) is 5.70 Å². The minimum absolute atomic E-state index is 0.107. The van der Waals surface area contributed by atoms with Gasteiger partial charge in [0.25, 0.3) is 5.91 Å². The van der Waals surface area contributed by atoms with E-state index in [1.165, 1.54) is 4.90 Å². The molecule has 2 aromatic carbocycles. The Morgan fingerprint density at radius 3 is 2.40 bits per heavy atom. The van der Waals surface area contributed by atoms with Crippen LogP contribution in [0.2, 0.25) is 0 Å². The van der Waals surface area contributed by atoms with Gasteiger partial charge in [0.1, 0.15) is 6.54 Å². The maximum Gasteiger partial charge on any atom is 0.259 e. The Morgan fingerprint density at radius 1 is 1.08 bits per heavy atom. The third kappa shape index (κ3) is 3.78. The van der Waals surface area contributed by atoms with Crippen molar-refractivity contribution in [3.63, 3.8) is 0 Å². The zero-order valence-corrected chi connectivity index (χ0v) is 13.8. The largest absolute Gasteiger partial charge is 0.391 e. The Labute approximate surface area is 146 Å². The molecule has 1 unspecified atom stereocenters. The molecule has 3 rings (SSSR count). The van der Waals surface area contributed by atoms with Crippen molar-refractivity contribution in [1.29, 1.82) is 0 Å². The molecule has 0 saturated heterocycles. The zero-order valence-electron chi connectivity index (χ0n) is 13.8. The van der Waals surface area contributed by atoms with Gasteiger partial charge in [-0.05, 0) is 11.6 Å². The fraction of sp³-hybridized carbons (Fsp3) is 0.200. The van der Waals surface area contributed by atoms with Crippen molar-refractivity contribution in [3.05, 3.63) is 77.9 Å². The normalized spacial score (nSPS) is 14.4. The Morgan fingerprint density at radius 2 is 1.72 bits per heavy atom. The number of carbonyl (C=O) groups excluding carboxylic acids is 2. The van der Waals surface area contributed by atoms with Crippen LogP contribution in [0.4, 0.5) is 0 Å². The molecule has 2 aromatic rings. The smallest absolute Gasteiger partial charge is 0.259 e. The lowest BCUT2D eigenvalue weighted by Gasteiger charge is -2.18. The number of aliphatic hydroxyl groups is 1. The van der Waals surface area contributed by atoms with Gasteiger partial charge in [0.05, 0.1) is 6.10 Å². The average Bonchev–Trinajstić information content (AvgIpc) is 2.86. The third-order valence-corrected chi connectivity index (χ3v) is 4.19. The van der Waals surface area contributed by atoms with Crippen molar-refractivity contribution in [2.24, 2.45) is 0 Å². The summed E-state index contributed by atoms with van der Waals surface area (Å²) in [6, 6.07) is 16.7. The van der Waals surface area contributed by atoms with Gasteiger partial charge in [-0.3, -0.25) is 14.5 Å². The van der Waals surface area contributed by atoms with E-state index in [0.29, 0.717) is 17.7 Å². The van der Waals surface area contributed by atoms with Crippen LogP contribution in [0.5, 0.6) is 0 Å². The summed E-state index contributed by atoms with van der Waals surface area (Å²) in [5, 5.41) is 12.7. The Kier molecular flexibility index (Phi) is 4.95. The highest BCUT2D eigenvalue weighted by atomic mass is 16.3. The number of benzene rings is 2. The number of nitrogens with zero attached hydrogens (tertiary/aromatic N) is 1. The minimum atomic E-state index is -0.680. The SMILES string of the molecule is C=C1c2ccccc2C(=O)N1CC(=O)NCC(O)Cc1ccccc1. The lowest BCUT2D eigenvalue weighted by atomic mass is 10.1. The molecular weight excluding hydrogens is 316 g/mol. The molecule has 5 nitrogen and oxygen atoms in total. The van der Waals surface area contributed by atoms with Crippen molar-refractivity contribution < 1.29 is 14.7 Å². The Bertz CT molecular complexity index is 767. The van der Waals surface area contributed by atoms with E-state index in [-0.39, 0.29) is 24.9 Å². The lowest BCUT2D eigenvalue weighted by molar-refractivity contribution is -0.121. The van der Waals surface area contributed by atoms with Gasteiger partial charge in [-0.25, -0.2) is 0 Å². The molecule has 1 heterocycles. The number of amides is 2. The number of rotatable bonds is 6. The molecule has 0 aliphatic carbocycles. The van der Waals surface area contributed by atoms with Crippen LogP contribution in [-0.4, -0.2) is 41.0 Å². The second-order valence-corrected chi connectivity index (χ2v) is 6.03. The first-order valence-electron chi connectivity index (χ1n) is 8.15. The number of hydrogen-bond donors (Lipinski definition) is 2. The van der Waals surface area contributed by atoms with Crippen LogP contribution >= 0.6 is 0 Å². The summed E-state index contributed by atoms with van der Waals surface area (Å²) in [5.41, 5.74) is 2.84. The number of nitrogens with one attached hydrogen (secondary N) is 1. The zero-order chi connectivity index (χ0) is 17.8. The summed E-state index contributed by atoms with van der Waals surface area (Å²) >= 11 is 0. The summed E-state index contributed by atoms with van der Waals surface area (Å²) in [7, 11) is 0. The molecule has 1 aliphatic rings. The average molecular weight is 336 g/mol. The van der Waals surface area contributed by atoms with Gasteiger partial charge in [-0.1, -0.05) is 55.1 Å². The molecule has 128 valence electrons. The summed E-state index contributed by atoms with van der Waals surface area (Å²) in [5.74, 6) is -0.546. The topological polar surface area (TPSA) is 69.6 Å². The minimum Gasteiger partial charge on any atom is -0.391 e. The lowest BCUT2D eigenvalue weighted by Crippen LogP contribution is -2.40. The van der Waals surface area contributed by atoms with Crippen molar-refractivity contribution in [2.75, 3.05) is 13.1 Å². The van der Waals surface area contributed by atoms with Gasteiger partial charge in [0.2, 0.25) is 5.91 Å². The van der Waals surface area contributed by atoms with Crippen LogP contribution in [0.15, 0.2) is 61.2 Å². The van der Waals surface area contributed by atoms with E-state index >= 15 is 0 Å². The van der Waals surface area contributed by atoms with Crippen LogP contribution in [0, 0.1) is 0 Å². The van der Waals surface area contributed by atoms with E-state index in [1.54, 1.807) is 12.1 Å². The molecule has 0 aromatic heterocycles. The maximum absolute atomic E-state index is 12.4. The summed E-state index contributed by atoms with van der Waals surface area (Å²) in [4.78, 5) is 25.9. The Balaban J connectivity index is 1.52. The molecule has 0 saturated carbocycles. The number of carbonyl (C=O) groups is 2. The maximum atomic E-state index is 12.4. The predicted molar refractivity (Wildman–Crippen MR) is 95.7 cm³/mol. The third-order valence-electron chi connectivity index (χ3n) is 4.19. The second kappa shape index (κ2) is 7.32. The quantitative estimate of drug-likeness (QED) is 0.846. The molecule has 2 amide bonds. The van der Waals surface area contributed by atoms with E-state index in [4.69, 9.17) is 0 Å². The van der Waals surface area contributed by atoms with Crippen molar-refractivity contribution in [3.8, 4) is 0 Å². The summed E-state index contributed by atoms with van der Waals surface area (Å²) < 4.78 is 0. The Hall–Kier alpha value is -2.92. The molecule has 2 N–H and O–H groups in total. The van der Waals surface area contributed by atoms with Gasteiger partial charge in [-0.15, -0.1) is 0 Å². The first kappa shape index (κ1) is 16.9. The predicted octanol–water partition coefficient (Wildman–Crippen LogP) is 1.83. The fourth-order valence-electron chi connectivity index (χ4n) is 2.89. The second-order valence-electron chi connectivity index (χ2n) is 6.03. The van der Waals surface area contributed by atoms with Crippen molar-refractivity contribution >= 4 is 17.5 Å². The van der Waals surface area contributed by atoms with Crippen LogP contribution in [-0.2, 0) is 11.2 Å². The van der Waals surface area contributed by atoms with Crippen molar-refractivity contribution in [2.45, 2.75) is 12.5 Å². The van der Waals surface area contributed by atoms with Gasteiger partial charge in [0.15, 0.2) is 0 Å². The monoisotopic (exact) mass is 336 g/mol. The van der Waals surface area contributed by atoms with Crippen LogP contribution in [0.3, 0.4) is 0 Å². The molecule has 0 radical (unpaired) electrons. The fourth-order valence-corrected chi connectivity index (χ4v) is 2.89. The van der Waals surface area contributed by atoms with E-state index in [0.717, 1.165) is 11.1 Å². The first-order chi connectivity index (χ1) is 12.1. The standard InChI is InChI=1S/C20H20N2O3/c1-14-17-9-5-6-10-18(17)20(25)22(14)13-19(24)21-12-16(23)11-15-7-3-2-4-8-15/h2-10,16,23H,1,11-13H2,(H,21,24). The first-order valence-corrected chi connectivity index (χ1v) is 8.15. The number of aliphatic hydroxyl groups excluding tert-OH is 1. The van der Waals surface area contributed by atoms with E-state index < -0.39 is 6.10 Å². The van der Waals surface area contributed by atoms with Crippen LogP contribution in [0.1, 0.15) is 21.5 Å². The van der Waals surface area contributed by atoms with Gasteiger partial charge in [0, 0.05) is 29.8 Å². The van der Waals surface area contributed by atoms with Crippen LogP contribution < -0.4 is 5.32 Å². The number of fused-ring (bicyclic) bond motifs is 1. The molecule has 0 fully saturated rings. The molecule has 1 atom stereocenters. The molecule has 0 spiro atoms. The van der Waals surface area contributed by atoms with Crippen molar-refractivity contribution in [1.82, 2.24) is 10.2 Å². The molecule has 25 heavy (non-hydrogen) atoms. The van der Waals surface area contributed by atoms with Gasteiger partial charge < -0.3 is 10.4 Å². The van der Waals surface area contributed by atoms with E-state index in [2.05, 4.69) is 11.9 Å². The number of hydrogen-bond acceptors (Lipinski definition) is 3. The summed E-state index contributed by atoms with van der Waals surface area (Å²) in [6.07, 6.45) is -0.219. The molecule has 0 bridgehead atoms. The van der Waals surface area contributed by atoms with Gasteiger partial charge in [-0.2, -0.15) is 0 Å². The summed E-state index contributed by atoms with van der Waals surface area (Å²) in [6.45, 7) is 3.93. The van der Waals surface area contributed by atoms with E-state index in [1.807, 2.05) is 42.5 Å². The molecule has 1 aliphatic heterocycles. The molecular formula is C20H20N2O3. The molecule has 5 heteroatoms. The highest BCUT2D eigenvalue weighted by molar-refractivity contribution is 6.10. The highest BCUT2D eigenvalue weighted by Gasteiger charge is 2.31. The highest BCUT2D eigenvalue weighted by Crippen LogP contribution is 2.30. The van der Waals surface area contributed by atoms with E-state index in [9.17, 15) is 14.7 Å². The van der Waals surface area contributed by atoms with Gasteiger partial charge >= 0.3 is 0 Å².